The van der Waals surface area contributed by atoms with Gasteiger partial charge in [0.1, 0.15) is 0 Å². The molecule has 0 saturated heterocycles. The third-order valence-electron chi connectivity index (χ3n) is 2.36. The molecule has 2 nitrogen and oxygen atoms in total. The van der Waals surface area contributed by atoms with E-state index < -0.39 is 0 Å². The van der Waals surface area contributed by atoms with E-state index in [1.54, 1.807) is 11.8 Å². The Kier molecular flexibility index (Phi) is 1.60. The van der Waals surface area contributed by atoms with Crippen molar-refractivity contribution in [2.45, 2.75) is 25.3 Å². The minimum atomic E-state index is 0.584. The summed E-state index contributed by atoms with van der Waals surface area (Å²) in [6.45, 7) is 0. The SMILES string of the molecule is NC1=NC2CCCC2CS1. The first-order valence-corrected chi connectivity index (χ1v) is 4.81. The molecule has 10 heavy (non-hydrogen) atoms. The fraction of sp³-hybridized carbons (Fsp3) is 0.857. The van der Waals surface area contributed by atoms with E-state index in [4.69, 9.17) is 5.73 Å². The lowest BCUT2D eigenvalue weighted by Gasteiger charge is -2.20. The summed E-state index contributed by atoms with van der Waals surface area (Å²) in [5.41, 5.74) is 5.60. The highest BCUT2D eigenvalue weighted by Gasteiger charge is 2.29. The van der Waals surface area contributed by atoms with Crippen molar-refractivity contribution in [2.75, 3.05) is 5.75 Å². The first kappa shape index (κ1) is 6.53. The van der Waals surface area contributed by atoms with Crippen LogP contribution >= 0.6 is 11.8 Å². The summed E-state index contributed by atoms with van der Waals surface area (Å²) < 4.78 is 0. The Morgan fingerprint density at radius 2 is 2.40 bits per heavy atom. The minimum absolute atomic E-state index is 0.584. The summed E-state index contributed by atoms with van der Waals surface area (Å²) in [5, 5.41) is 0.808. The molecular formula is C7H12N2S. The maximum absolute atomic E-state index is 5.60. The fourth-order valence-electron chi connectivity index (χ4n) is 1.77. The van der Waals surface area contributed by atoms with Gasteiger partial charge in [-0.05, 0) is 18.8 Å². The molecule has 0 aromatic heterocycles. The van der Waals surface area contributed by atoms with Gasteiger partial charge in [0, 0.05) is 5.75 Å². The van der Waals surface area contributed by atoms with Gasteiger partial charge >= 0.3 is 0 Å². The van der Waals surface area contributed by atoms with Crippen LogP contribution in [-0.4, -0.2) is 17.0 Å². The van der Waals surface area contributed by atoms with Crippen LogP contribution in [-0.2, 0) is 0 Å². The number of hydrogen-bond donors (Lipinski definition) is 1. The minimum Gasteiger partial charge on any atom is -0.379 e. The predicted octanol–water partition coefficient (Wildman–Crippen LogP) is 1.22. The highest BCUT2D eigenvalue weighted by molar-refractivity contribution is 8.13. The van der Waals surface area contributed by atoms with Crippen molar-refractivity contribution in [1.29, 1.82) is 0 Å². The molecule has 1 aliphatic heterocycles. The summed E-state index contributed by atoms with van der Waals surface area (Å²) in [5.74, 6) is 2.05. The summed E-state index contributed by atoms with van der Waals surface area (Å²) in [6, 6.07) is 0.584. The van der Waals surface area contributed by atoms with Crippen molar-refractivity contribution in [3.63, 3.8) is 0 Å². The first-order chi connectivity index (χ1) is 4.86. The molecule has 2 aliphatic rings. The molecule has 2 unspecified atom stereocenters. The van der Waals surface area contributed by atoms with Crippen molar-refractivity contribution in [3.8, 4) is 0 Å². The molecule has 0 bridgehead atoms. The van der Waals surface area contributed by atoms with Gasteiger partial charge in [-0.15, -0.1) is 0 Å². The number of thioether (sulfide) groups is 1. The number of amidine groups is 1. The summed E-state index contributed by atoms with van der Waals surface area (Å²) in [7, 11) is 0. The number of nitrogens with two attached hydrogens (primary N) is 1. The second-order valence-corrected chi connectivity index (χ2v) is 4.08. The fourth-order valence-corrected chi connectivity index (χ4v) is 2.76. The Bertz CT molecular complexity index is 167. The van der Waals surface area contributed by atoms with Crippen molar-refractivity contribution >= 4 is 16.9 Å². The van der Waals surface area contributed by atoms with Gasteiger partial charge in [0.2, 0.25) is 0 Å². The summed E-state index contributed by atoms with van der Waals surface area (Å²) >= 11 is 1.72. The average Bonchev–Trinajstić information content (AvgIpc) is 2.33. The van der Waals surface area contributed by atoms with Gasteiger partial charge in [-0.1, -0.05) is 18.2 Å². The Morgan fingerprint density at radius 1 is 1.50 bits per heavy atom. The largest absolute Gasteiger partial charge is 0.379 e. The smallest absolute Gasteiger partial charge is 0.154 e. The maximum atomic E-state index is 5.60. The molecule has 3 heteroatoms. The highest BCUT2D eigenvalue weighted by Crippen LogP contribution is 2.34. The lowest BCUT2D eigenvalue weighted by molar-refractivity contribution is 0.535. The molecule has 0 amide bonds. The topological polar surface area (TPSA) is 38.4 Å². The second-order valence-electron chi connectivity index (χ2n) is 3.04. The maximum Gasteiger partial charge on any atom is 0.154 e. The second kappa shape index (κ2) is 2.46. The van der Waals surface area contributed by atoms with E-state index in [1.807, 2.05) is 0 Å². The van der Waals surface area contributed by atoms with Crippen molar-refractivity contribution in [1.82, 2.24) is 0 Å². The lowest BCUT2D eigenvalue weighted by atomic mass is 10.1. The van der Waals surface area contributed by atoms with Gasteiger partial charge in [-0.25, -0.2) is 0 Å². The van der Waals surface area contributed by atoms with E-state index in [0.29, 0.717) is 6.04 Å². The Morgan fingerprint density at radius 3 is 3.30 bits per heavy atom. The molecule has 1 aliphatic carbocycles. The number of rotatable bonds is 0. The molecule has 0 aromatic carbocycles. The normalized spacial score (nSPS) is 39.0. The molecule has 0 aromatic rings. The van der Waals surface area contributed by atoms with Gasteiger partial charge in [-0.3, -0.25) is 4.99 Å². The molecule has 1 saturated carbocycles. The monoisotopic (exact) mass is 156 g/mol. The van der Waals surface area contributed by atoms with Crippen LogP contribution in [0, 0.1) is 5.92 Å². The van der Waals surface area contributed by atoms with E-state index in [2.05, 4.69) is 4.99 Å². The Hall–Kier alpha value is -0.180. The molecule has 0 radical (unpaired) electrons. The number of fused-ring (bicyclic) bond motifs is 1. The van der Waals surface area contributed by atoms with Crippen molar-refractivity contribution in [3.05, 3.63) is 0 Å². The van der Waals surface area contributed by atoms with E-state index in [1.165, 1.54) is 25.0 Å². The molecule has 2 rings (SSSR count). The molecule has 1 heterocycles. The van der Waals surface area contributed by atoms with Crippen LogP contribution in [0.25, 0.3) is 0 Å². The van der Waals surface area contributed by atoms with Crippen molar-refractivity contribution in [2.24, 2.45) is 16.6 Å². The van der Waals surface area contributed by atoms with E-state index >= 15 is 0 Å². The van der Waals surface area contributed by atoms with Crippen LogP contribution in [0.15, 0.2) is 4.99 Å². The standard InChI is InChI=1S/C7H12N2S/c8-7-9-6-3-1-2-5(6)4-10-7/h5-6H,1-4H2,(H2,8,9). The van der Waals surface area contributed by atoms with E-state index in [-0.39, 0.29) is 0 Å². The zero-order valence-corrected chi connectivity index (χ0v) is 6.73. The highest BCUT2D eigenvalue weighted by atomic mass is 32.2. The van der Waals surface area contributed by atoms with Gasteiger partial charge in [0.05, 0.1) is 6.04 Å². The molecular weight excluding hydrogens is 144 g/mol. The first-order valence-electron chi connectivity index (χ1n) is 3.82. The Labute approximate surface area is 65.3 Å². The number of hydrogen-bond acceptors (Lipinski definition) is 3. The third-order valence-corrected chi connectivity index (χ3v) is 3.35. The zero-order valence-electron chi connectivity index (χ0n) is 5.92. The van der Waals surface area contributed by atoms with E-state index in [0.717, 1.165) is 11.1 Å². The van der Waals surface area contributed by atoms with Gasteiger partial charge < -0.3 is 5.73 Å². The van der Waals surface area contributed by atoms with Gasteiger partial charge in [0.25, 0.3) is 0 Å². The molecule has 1 fully saturated rings. The van der Waals surface area contributed by atoms with Crippen LogP contribution in [0.3, 0.4) is 0 Å². The quantitative estimate of drug-likeness (QED) is 0.572. The van der Waals surface area contributed by atoms with Crippen LogP contribution in [0.4, 0.5) is 0 Å². The van der Waals surface area contributed by atoms with Crippen LogP contribution in [0.5, 0.6) is 0 Å². The average molecular weight is 156 g/mol. The van der Waals surface area contributed by atoms with Crippen LogP contribution < -0.4 is 5.73 Å². The van der Waals surface area contributed by atoms with Crippen molar-refractivity contribution < 1.29 is 0 Å². The lowest BCUT2D eigenvalue weighted by Crippen LogP contribution is -2.25. The zero-order chi connectivity index (χ0) is 6.97. The molecule has 56 valence electrons. The third kappa shape index (κ3) is 1.03. The number of aliphatic imine (C=N–C) groups is 1. The predicted molar refractivity (Wildman–Crippen MR) is 45.2 cm³/mol. The number of nitrogens with zero attached hydrogens (tertiary/aromatic N) is 1. The summed E-state index contributed by atoms with van der Waals surface area (Å²) in [4.78, 5) is 4.40. The van der Waals surface area contributed by atoms with Gasteiger partial charge in [0.15, 0.2) is 5.17 Å². The molecule has 2 atom stereocenters. The van der Waals surface area contributed by atoms with Gasteiger partial charge in [-0.2, -0.15) is 0 Å². The van der Waals surface area contributed by atoms with Crippen LogP contribution in [0.1, 0.15) is 19.3 Å². The van der Waals surface area contributed by atoms with E-state index in [9.17, 15) is 0 Å². The molecule has 0 spiro atoms. The molecule has 2 N–H and O–H groups in total. The summed E-state index contributed by atoms with van der Waals surface area (Å²) in [6.07, 6.45) is 3.99. The van der Waals surface area contributed by atoms with Crippen LogP contribution in [0.2, 0.25) is 0 Å². The Balaban J connectivity index is 2.13.